The Bertz CT molecular complexity index is 989. The van der Waals surface area contributed by atoms with E-state index in [0.29, 0.717) is 24.5 Å². The third kappa shape index (κ3) is 6.20. The predicted molar refractivity (Wildman–Crippen MR) is 123 cm³/mol. The molecule has 3 aromatic rings. The molecule has 1 aromatic carbocycles. The largest absolute Gasteiger partial charge is 0.496 e. The lowest BCUT2D eigenvalue weighted by Gasteiger charge is -2.16. The Labute approximate surface area is 184 Å². The lowest BCUT2D eigenvalue weighted by molar-refractivity contribution is -0.118. The molecule has 0 aliphatic rings. The molecule has 0 aliphatic heterocycles. The van der Waals surface area contributed by atoms with Crippen LogP contribution < -0.4 is 4.74 Å². The summed E-state index contributed by atoms with van der Waals surface area (Å²) < 4.78 is 5.56. The number of carbonyl (C=O) groups is 1. The molecule has 0 saturated carbocycles. The van der Waals surface area contributed by atoms with E-state index in [1.165, 1.54) is 5.56 Å². The Morgan fingerprint density at radius 1 is 1.06 bits per heavy atom. The van der Waals surface area contributed by atoms with Gasteiger partial charge in [-0.05, 0) is 42.9 Å². The van der Waals surface area contributed by atoms with Gasteiger partial charge in [0.25, 0.3) is 0 Å². The number of pyridine rings is 1. The van der Waals surface area contributed by atoms with Gasteiger partial charge in [-0.3, -0.25) is 14.8 Å². The molecule has 0 unspecified atom stereocenters. The number of aromatic nitrogens is 3. The molecule has 0 aliphatic carbocycles. The highest BCUT2D eigenvalue weighted by Gasteiger charge is 2.15. The fraction of sp³-hybridized carbons (Fsp3) is 0.385. The molecular weight excluding hydrogens is 386 g/mol. The molecule has 0 N–H and O–H groups in total. The van der Waals surface area contributed by atoms with Crippen LogP contribution in [-0.2, 0) is 17.6 Å². The summed E-state index contributed by atoms with van der Waals surface area (Å²) in [6.07, 6.45) is 12.2. The van der Waals surface area contributed by atoms with Crippen LogP contribution in [-0.4, -0.2) is 27.8 Å². The summed E-state index contributed by atoms with van der Waals surface area (Å²) in [6.45, 7) is 4.22. The SMILES string of the molecule is CCCC(=O)Cc1ccc(-c2cncc(C[C@@H](CCC)c3cccnc3)n2)cc1OC. The molecule has 0 bridgehead atoms. The second kappa shape index (κ2) is 11.3. The second-order valence-electron chi connectivity index (χ2n) is 7.86. The maximum absolute atomic E-state index is 12.1. The van der Waals surface area contributed by atoms with Gasteiger partial charge in [-0.15, -0.1) is 0 Å². The van der Waals surface area contributed by atoms with Crippen LogP contribution in [0, 0.1) is 0 Å². The number of carbonyl (C=O) groups excluding carboxylic acids is 1. The van der Waals surface area contributed by atoms with E-state index < -0.39 is 0 Å². The van der Waals surface area contributed by atoms with Crippen molar-refractivity contribution >= 4 is 5.78 Å². The van der Waals surface area contributed by atoms with E-state index in [9.17, 15) is 4.79 Å². The van der Waals surface area contributed by atoms with Gasteiger partial charge >= 0.3 is 0 Å². The monoisotopic (exact) mass is 417 g/mol. The second-order valence-corrected chi connectivity index (χ2v) is 7.86. The van der Waals surface area contributed by atoms with Gasteiger partial charge in [-0.1, -0.05) is 38.5 Å². The molecule has 0 radical (unpaired) electrons. The molecular formula is C26H31N3O2. The fourth-order valence-corrected chi connectivity index (χ4v) is 3.88. The molecule has 3 rings (SSSR count). The number of nitrogens with zero attached hydrogens (tertiary/aromatic N) is 3. The quantitative estimate of drug-likeness (QED) is 0.407. The number of ether oxygens (including phenoxy) is 1. The van der Waals surface area contributed by atoms with Crippen molar-refractivity contribution in [3.63, 3.8) is 0 Å². The lowest BCUT2D eigenvalue weighted by atomic mass is 9.91. The summed E-state index contributed by atoms with van der Waals surface area (Å²) in [5.41, 5.74) is 4.85. The molecule has 5 nitrogen and oxygen atoms in total. The smallest absolute Gasteiger partial charge is 0.137 e. The zero-order valence-electron chi connectivity index (χ0n) is 18.7. The first-order chi connectivity index (χ1) is 15.1. The minimum atomic E-state index is 0.229. The Balaban J connectivity index is 1.82. The zero-order chi connectivity index (χ0) is 22.1. The van der Waals surface area contributed by atoms with Crippen LogP contribution >= 0.6 is 0 Å². The number of hydrogen-bond acceptors (Lipinski definition) is 5. The Morgan fingerprint density at radius 3 is 2.65 bits per heavy atom. The summed E-state index contributed by atoms with van der Waals surface area (Å²) in [6, 6.07) is 10.0. The number of ketones is 1. The van der Waals surface area contributed by atoms with E-state index in [4.69, 9.17) is 9.72 Å². The highest BCUT2D eigenvalue weighted by Crippen LogP contribution is 2.28. The average molecular weight is 418 g/mol. The summed E-state index contributed by atoms with van der Waals surface area (Å²) in [5, 5.41) is 0. The van der Waals surface area contributed by atoms with E-state index in [2.05, 4.69) is 23.0 Å². The van der Waals surface area contributed by atoms with Gasteiger partial charge in [-0.2, -0.15) is 0 Å². The highest BCUT2D eigenvalue weighted by molar-refractivity contribution is 5.81. The van der Waals surface area contributed by atoms with E-state index >= 15 is 0 Å². The predicted octanol–water partition coefficient (Wildman–Crippen LogP) is 5.59. The number of methoxy groups -OCH3 is 1. The fourth-order valence-electron chi connectivity index (χ4n) is 3.88. The molecule has 2 aromatic heterocycles. The normalized spacial score (nSPS) is 11.8. The molecule has 0 fully saturated rings. The summed E-state index contributed by atoms with van der Waals surface area (Å²) >= 11 is 0. The first kappa shape index (κ1) is 22.6. The van der Waals surface area contributed by atoms with E-state index in [-0.39, 0.29) is 5.78 Å². The van der Waals surface area contributed by atoms with Crippen molar-refractivity contribution in [2.45, 2.75) is 58.3 Å². The number of hydrogen-bond donors (Lipinski definition) is 0. The van der Waals surface area contributed by atoms with Crippen molar-refractivity contribution in [1.29, 1.82) is 0 Å². The zero-order valence-corrected chi connectivity index (χ0v) is 18.7. The highest BCUT2D eigenvalue weighted by atomic mass is 16.5. The Kier molecular flexibility index (Phi) is 8.27. The van der Waals surface area contributed by atoms with Gasteiger partial charge in [0.05, 0.1) is 24.7 Å². The molecule has 31 heavy (non-hydrogen) atoms. The van der Waals surface area contributed by atoms with E-state index in [0.717, 1.165) is 48.2 Å². The van der Waals surface area contributed by atoms with Crippen LogP contribution in [0.3, 0.4) is 0 Å². The van der Waals surface area contributed by atoms with Gasteiger partial charge < -0.3 is 4.74 Å². The van der Waals surface area contributed by atoms with Crippen molar-refractivity contribution < 1.29 is 9.53 Å². The third-order valence-electron chi connectivity index (χ3n) is 5.43. The topological polar surface area (TPSA) is 65.0 Å². The molecule has 5 heteroatoms. The van der Waals surface area contributed by atoms with Crippen molar-refractivity contribution in [3.05, 3.63) is 71.9 Å². The summed E-state index contributed by atoms with van der Waals surface area (Å²) in [4.78, 5) is 25.7. The number of rotatable bonds is 11. The molecule has 0 saturated heterocycles. The van der Waals surface area contributed by atoms with Gasteiger partial charge in [0, 0.05) is 42.6 Å². The van der Waals surface area contributed by atoms with E-state index in [1.807, 2.05) is 43.6 Å². The van der Waals surface area contributed by atoms with Crippen LogP contribution in [0.4, 0.5) is 0 Å². The molecule has 0 spiro atoms. The summed E-state index contributed by atoms with van der Waals surface area (Å²) in [5.74, 6) is 1.31. The minimum Gasteiger partial charge on any atom is -0.496 e. The Morgan fingerprint density at radius 2 is 1.94 bits per heavy atom. The van der Waals surface area contributed by atoms with Crippen molar-refractivity contribution in [1.82, 2.24) is 15.0 Å². The van der Waals surface area contributed by atoms with Crippen LogP contribution in [0.25, 0.3) is 11.3 Å². The van der Waals surface area contributed by atoms with Crippen LogP contribution in [0.15, 0.2) is 55.1 Å². The molecule has 2 heterocycles. The minimum absolute atomic E-state index is 0.229. The van der Waals surface area contributed by atoms with Crippen molar-refractivity contribution in [3.8, 4) is 17.0 Å². The summed E-state index contributed by atoms with van der Waals surface area (Å²) in [7, 11) is 1.64. The van der Waals surface area contributed by atoms with E-state index in [1.54, 1.807) is 19.5 Å². The third-order valence-corrected chi connectivity index (χ3v) is 5.43. The maximum Gasteiger partial charge on any atom is 0.137 e. The lowest BCUT2D eigenvalue weighted by Crippen LogP contribution is -2.06. The number of Topliss-reactive ketones (excluding diaryl/α,β-unsaturated/α-hetero) is 1. The average Bonchev–Trinajstić information content (AvgIpc) is 2.80. The van der Waals surface area contributed by atoms with Crippen LogP contribution in [0.1, 0.15) is 62.3 Å². The van der Waals surface area contributed by atoms with Gasteiger partial charge in [0.2, 0.25) is 0 Å². The molecule has 1 atom stereocenters. The van der Waals surface area contributed by atoms with Gasteiger partial charge in [-0.25, -0.2) is 4.98 Å². The van der Waals surface area contributed by atoms with Crippen LogP contribution in [0.2, 0.25) is 0 Å². The molecule has 162 valence electrons. The number of benzene rings is 1. The van der Waals surface area contributed by atoms with Gasteiger partial charge in [0.15, 0.2) is 0 Å². The van der Waals surface area contributed by atoms with Crippen molar-refractivity contribution in [2.24, 2.45) is 0 Å². The van der Waals surface area contributed by atoms with Gasteiger partial charge in [0.1, 0.15) is 11.5 Å². The van der Waals surface area contributed by atoms with Crippen molar-refractivity contribution in [2.75, 3.05) is 7.11 Å². The van der Waals surface area contributed by atoms with Crippen LogP contribution in [0.5, 0.6) is 5.75 Å². The molecule has 0 amide bonds. The first-order valence-corrected chi connectivity index (χ1v) is 11.0. The standard InChI is InChI=1S/C26H31N3O2/c1-4-7-19(22-9-6-12-27-16-22)13-23-17-28-18-25(29-23)20-10-11-21(26(15-20)31-3)14-24(30)8-5-2/h6,9-12,15-19H,4-5,7-8,13-14H2,1-3H3/t19-/m1/s1. The Hall–Kier alpha value is -3.08. The first-order valence-electron chi connectivity index (χ1n) is 11.0. The maximum atomic E-state index is 12.1.